The number of hydrogen-bond donors (Lipinski definition) is 1. The summed E-state index contributed by atoms with van der Waals surface area (Å²) < 4.78 is 0. The van der Waals surface area contributed by atoms with Gasteiger partial charge >= 0.3 is 0 Å². The predicted molar refractivity (Wildman–Crippen MR) is 94.6 cm³/mol. The van der Waals surface area contributed by atoms with Gasteiger partial charge in [-0.1, -0.05) is 32.0 Å². The quantitative estimate of drug-likeness (QED) is 0.921. The number of anilines is 1. The molecular weight excluding hydrogens is 308 g/mol. The molecule has 3 rings (SSSR count). The standard InChI is InChI=1S/C18H24N2O2S/c1-11(2)13-7-5-6-12(3)16(13)19-17(22)14-10-23-18(4)9-8-15(21)20(14)18/h5-7,11,14H,8-10H2,1-4H3,(H,19,22)/t14-,18-/m1/s1. The van der Waals surface area contributed by atoms with E-state index in [0.717, 1.165) is 23.2 Å². The second-order valence-electron chi connectivity index (χ2n) is 6.95. The monoisotopic (exact) mass is 332 g/mol. The Morgan fingerprint density at radius 2 is 2.17 bits per heavy atom. The van der Waals surface area contributed by atoms with Crippen LogP contribution < -0.4 is 5.32 Å². The molecule has 4 nitrogen and oxygen atoms in total. The van der Waals surface area contributed by atoms with Crippen LogP contribution in [0.1, 0.15) is 50.7 Å². The van der Waals surface area contributed by atoms with Crippen molar-refractivity contribution in [2.24, 2.45) is 0 Å². The molecule has 0 aromatic heterocycles. The lowest BCUT2D eigenvalue weighted by Crippen LogP contribution is -2.48. The summed E-state index contributed by atoms with van der Waals surface area (Å²) in [7, 11) is 0. The number of carbonyl (C=O) groups excluding carboxylic acids is 2. The summed E-state index contributed by atoms with van der Waals surface area (Å²) >= 11 is 1.72. The number of carbonyl (C=O) groups is 2. The van der Waals surface area contributed by atoms with E-state index in [1.54, 1.807) is 16.7 Å². The molecule has 2 amide bonds. The summed E-state index contributed by atoms with van der Waals surface area (Å²) in [6, 6.07) is 5.73. The first-order valence-corrected chi connectivity index (χ1v) is 9.18. The van der Waals surface area contributed by atoms with E-state index in [9.17, 15) is 9.59 Å². The number of thioether (sulfide) groups is 1. The number of hydrogen-bond acceptors (Lipinski definition) is 3. The van der Waals surface area contributed by atoms with Crippen LogP contribution in [0.3, 0.4) is 0 Å². The Hall–Kier alpha value is -1.49. The van der Waals surface area contributed by atoms with Crippen LogP contribution in [0.5, 0.6) is 0 Å². The van der Waals surface area contributed by atoms with Crippen LogP contribution in [0.15, 0.2) is 18.2 Å². The van der Waals surface area contributed by atoms with E-state index < -0.39 is 0 Å². The maximum atomic E-state index is 12.9. The number of benzene rings is 1. The molecule has 5 heteroatoms. The number of rotatable bonds is 3. The van der Waals surface area contributed by atoms with Crippen LogP contribution >= 0.6 is 11.8 Å². The van der Waals surface area contributed by atoms with Gasteiger partial charge in [-0.15, -0.1) is 11.8 Å². The van der Waals surface area contributed by atoms with Crippen molar-refractivity contribution < 1.29 is 9.59 Å². The summed E-state index contributed by atoms with van der Waals surface area (Å²) in [5, 5.41) is 3.11. The Balaban J connectivity index is 1.85. The topological polar surface area (TPSA) is 49.4 Å². The minimum absolute atomic E-state index is 0.0623. The Labute approximate surface area is 142 Å². The molecule has 2 saturated heterocycles. The fourth-order valence-corrected chi connectivity index (χ4v) is 5.00. The SMILES string of the molecule is Cc1cccc(C(C)C)c1NC(=O)[C@H]1CS[C@]2(C)CCC(=O)N12. The molecule has 0 radical (unpaired) electrons. The first-order valence-electron chi connectivity index (χ1n) is 8.20. The molecule has 2 fully saturated rings. The fourth-order valence-electron chi connectivity index (χ4n) is 3.56. The highest BCUT2D eigenvalue weighted by Gasteiger charge is 2.52. The van der Waals surface area contributed by atoms with Gasteiger partial charge in [-0.25, -0.2) is 0 Å². The molecule has 2 atom stereocenters. The van der Waals surface area contributed by atoms with Crippen LogP contribution in [-0.4, -0.2) is 33.4 Å². The smallest absolute Gasteiger partial charge is 0.248 e. The third kappa shape index (κ3) is 2.75. The van der Waals surface area contributed by atoms with Gasteiger partial charge in [0.25, 0.3) is 0 Å². The van der Waals surface area contributed by atoms with Crippen molar-refractivity contribution in [3.63, 3.8) is 0 Å². The molecule has 0 aliphatic carbocycles. The molecule has 2 heterocycles. The number of para-hydroxylation sites is 1. The molecule has 0 saturated carbocycles. The van der Waals surface area contributed by atoms with E-state index in [-0.39, 0.29) is 22.7 Å². The fraction of sp³-hybridized carbons (Fsp3) is 0.556. The number of nitrogens with zero attached hydrogens (tertiary/aromatic N) is 1. The zero-order valence-electron chi connectivity index (χ0n) is 14.2. The van der Waals surface area contributed by atoms with E-state index in [1.807, 2.05) is 19.1 Å². The van der Waals surface area contributed by atoms with E-state index >= 15 is 0 Å². The Morgan fingerprint density at radius 1 is 1.43 bits per heavy atom. The Morgan fingerprint density at radius 3 is 2.87 bits per heavy atom. The zero-order valence-corrected chi connectivity index (χ0v) is 15.0. The summed E-state index contributed by atoms with van der Waals surface area (Å²) in [6.45, 7) is 8.33. The summed E-state index contributed by atoms with van der Waals surface area (Å²) in [6.07, 6.45) is 1.39. The molecule has 1 aromatic carbocycles. The van der Waals surface area contributed by atoms with Gasteiger partial charge in [-0.05, 0) is 37.3 Å². The average molecular weight is 332 g/mol. The molecule has 0 bridgehead atoms. The van der Waals surface area contributed by atoms with Crippen LogP contribution in [0.2, 0.25) is 0 Å². The first-order chi connectivity index (χ1) is 10.8. The van der Waals surface area contributed by atoms with Crippen LogP contribution in [0.25, 0.3) is 0 Å². The van der Waals surface area contributed by atoms with E-state index in [4.69, 9.17) is 0 Å². The van der Waals surface area contributed by atoms with Gasteiger partial charge in [0.15, 0.2) is 0 Å². The molecular formula is C18H24N2O2S. The van der Waals surface area contributed by atoms with Gasteiger partial charge in [-0.3, -0.25) is 9.59 Å². The zero-order chi connectivity index (χ0) is 16.8. The van der Waals surface area contributed by atoms with Crippen molar-refractivity contribution in [1.82, 2.24) is 4.90 Å². The normalized spacial score (nSPS) is 26.7. The minimum Gasteiger partial charge on any atom is -0.324 e. The van der Waals surface area contributed by atoms with Crippen molar-refractivity contribution in [1.29, 1.82) is 0 Å². The molecule has 1 N–H and O–H groups in total. The van der Waals surface area contributed by atoms with Crippen LogP contribution in [0.4, 0.5) is 5.69 Å². The second-order valence-corrected chi connectivity index (χ2v) is 8.45. The average Bonchev–Trinajstić information content (AvgIpc) is 2.98. The first kappa shape index (κ1) is 16.4. The van der Waals surface area contributed by atoms with Gasteiger partial charge in [0.2, 0.25) is 11.8 Å². The highest BCUT2D eigenvalue weighted by Crippen LogP contribution is 2.47. The van der Waals surface area contributed by atoms with Gasteiger partial charge in [0, 0.05) is 17.9 Å². The minimum atomic E-state index is -0.361. The lowest BCUT2D eigenvalue weighted by molar-refractivity contribution is -0.135. The van der Waals surface area contributed by atoms with Gasteiger partial charge < -0.3 is 10.2 Å². The second kappa shape index (κ2) is 5.86. The van der Waals surface area contributed by atoms with E-state index in [2.05, 4.69) is 32.2 Å². The van der Waals surface area contributed by atoms with E-state index in [1.165, 1.54) is 0 Å². The summed E-state index contributed by atoms with van der Waals surface area (Å²) in [5.74, 6) is 1.05. The molecule has 124 valence electrons. The van der Waals surface area contributed by atoms with Gasteiger partial charge in [-0.2, -0.15) is 0 Å². The van der Waals surface area contributed by atoms with Crippen LogP contribution in [-0.2, 0) is 9.59 Å². The lowest BCUT2D eigenvalue weighted by Gasteiger charge is -2.30. The summed E-state index contributed by atoms with van der Waals surface area (Å²) in [5.41, 5.74) is 3.10. The molecule has 0 unspecified atom stereocenters. The van der Waals surface area contributed by atoms with Gasteiger partial charge in [0.1, 0.15) is 6.04 Å². The van der Waals surface area contributed by atoms with Crippen molar-refractivity contribution in [3.8, 4) is 0 Å². The predicted octanol–water partition coefficient (Wildman–Crippen LogP) is 3.51. The third-order valence-corrected chi connectivity index (χ3v) is 6.43. The van der Waals surface area contributed by atoms with E-state index in [0.29, 0.717) is 18.1 Å². The maximum Gasteiger partial charge on any atom is 0.248 e. The van der Waals surface area contributed by atoms with Crippen molar-refractivity contribution in [2.75, 3.05) is 11.1 Å². The number of fused-ring (bicyclic) bond motifs is 1. The third-order valence-electron chi connectivity index (χ3n) is 4.92. The van der Waals surface area contributed by atoms with Crippen molar-refractivity contribution in [2.45, 2.75) is 57.4 Å². The molecule has 2 aliphatic heterocycles. The largest absolute Gasteiger partial charge is 0.324 e. The van der Waals surface area contributed by atoms with Gasteiger partial charge in [0.05, 0.1) is 4.87 Å². The lowest BCUT2D eigenvalue weighted by atomic mass is 9.98. The highest BCUT2D eigenvalue weighted by molar-refractivity contribution is 8.01. The molecule has 1 aromatic rings. The number of aryl methyl sites for hydroxylation is 1. The molecule has 2 aliphatic rings. The van der Waals surface area contributed by atoms with Crippen LogP contribution in [0, 0.1) is 6.92 Å². The number of nitrogens with one attached hydrogen (secondary N) is 1. The molecule has 23 heavy (non-hydrogen) atoms. The summed E-state index contributed by atoms with van der Waals surface area (Å²) in [4.78, 5) is 26.7. The Kier molecular flexibility index (Phi) is 4.17. The number of amides is 2. The Bertz CT molecular complexity index is 658. The van der Waals surface area contributed by atoms with Crippen molar-refractivity contribution in [3.05, 3.63) is 29.3 Å². The maximum absolute atomic E-state index is 12.9. The highest BCUT2D eigenvalue weighted by atomic mass is 32.2. The van der Waals surface area contributed by atoms with Crippen molar-refractivity contribution >= 4 is 29.3 Å². The molecule has 0 spiro atoms.